The molecule has 17 aromatic rings. The van der Waals surface area contributed by atoms with Crippen molar-refractivity contribution in [3.05, 3.63) is 295 Å². The lowest BCUT2D eigenvalue weighted by atomic mass is 9.62. The summed E-state index contributed by atoms with van der Waals surface area (Å²) >= 11 is 0. The Morgan fingerprint density at radius 3 is 1.56 bits per heavy atom. The van der Waals surface area contributed by atoms with Crippen molar-refractivity contribution in [3.8, 4) is 84.6 Å². The van der Waals surface area contributed by atoms with Crippen LogP contribution < -0.4 is 9.30 Å². The number of benzene rings is 12. The molecule has 19 rings (SSSR count). The molecule has 12 aromatic carbocycles. The molecule has 0 amide bonds. The average Bonchev–Trinajstić information content (AvgIpc) is 1.46. The van der Waals surface area contributed by atoms with E-state index in [-0.39, 0.29) is 32.9 Å². The van der Waals surface area contributed by atoms with E-state index in [4.69, 9.17) is 9.72 Å². The number of fused-ring (bicyclic) bond motifs is 17. The lowest BCUT2D eigenvalue weighted by Gasteiger charge is -2.42. The summed E-state index contributed by atoms with van der Waals surface area (Å²) in [5.41, 5.74) is 20.0. The molecular formula is C92H74N6O. The monoisotopic (exact) mass is 1280 g/mol. The number of imidazole rings is 1. The van der Waals surface area contributed by atoms with Gasteiger partial charge in [0.2, 0.25) is 0 Å². The van der Waals surface area contributed by atoms with Crippen LogP contribution in [0.15, 0.2) is 261 Å². The second-order valence-corrected chi connectivity index (χ2v) is 29.5. The zero-order valence-electron chi connectivity index (χ0n) is 62.3. The van der Waals surface area contributed by atoms with E-state index in [1.54, 1.807) is 18.2 Å². The lowest BCUT2D eigenvalue weighted by Crippen LogP contribution is -2.34. The van der Waals surface area contributed by atoms with E-state index >= 15 is 0 Å². The first-order valence-corrected chi connectivity index (χ1v) is 34.4. The number of nitrogens with zero attached hydrogens (tertiary/aromatic N) is 6. The maximum Gasteiger partial charge on any atom is 0.269 e. The molecule has 99 heavy (non-hydrogen) atoms. The van der Waals surface area contributed by atoms with E-state index in [9.17, 15) is 8.22 Å². The molecule has 478 valence electrons. The van der Waals surface area contributed by atoms with Gasteiger partial charge in [-0.25, -0.2) is 4.98 Å². The van der Waals surface area contributed by atoms with Gasteiger partial charge in [0.25, 0.3) is 6.33 Å². The molecular weight excluding hydrogens is 1210 g/mol. The molecule has 0 saturated heterocycles. The SMILES string of the molecule is [2H]C([2H])([2H])c1cccc(C([2H])([2H])[2H])c1-c1cc2c(c(-n3c4ccccc4c4ccccc43)c1)-[n+]1[c-]n(-c3cccc(Oc4ccc5c6ccccc6n(-c6cc(C(C)(C)C)ccn6)c5c4)c3)c3cc(-n4c5ccccc5c5ccccc54)cc(c31)-c1ccccc1-c1cc3c(cc1-2)C(C)(C)CCC3(C)C. The molecule has 7 heteroatoms. The molecule has 0 saturated carbocycles. The number of pyridine rings is 1. The zero-order valence-corrected chi connectivity index (χ0v) is 56.3. The Bertz CT molecular complexity index is 6400. The molecule has 0 fully saturated rings. The highest BCUT2D eigenvalue weighted by Gasteiger charge is 2.40. The Kier molecular flexibility index (Phi) is 11.4. The fourth-order valence-corrected chi connectivity index (χ4v) is 16.6. The van der Waals surface area contributed by atoms with E-state index < -0.39 is 13.7 Å². The minimum atomic E-state index is -2.71. The quantitative estimate of drug-likeness (QED) is 0.118. The van der Waals surface area contributed by atoms with Crippen LogP contribution in [0, 0.1) is 20.0 Å². The van der Waals surface area contributed by atoms with Crippen LogP contribution in [0.4, 0.5) is 0 Å². The zero-order chi connectivity index (χ0) is 72.0. The van der Waals surface area contributed by atoms with Crippen LogP contribution in [0.3, 0.4) is 0 Å². The largest absolute Gasteiger partial charge is 0.458 e. The van der Waals surface area contributed by atoms with E-state index in [1.165, 1.54) is 16.7 Å². The smallest absolute Gasteiger partial charge is 0.269 e. The highest BCUT2D eigenvalue weighted by atomic mass is 16.5. The standard InChI is InChI=1S/C92H74N6O/c1-56-24-22-25-57(2)87(56)58-46-74-73-54-77-76(91(6,7)43-44-92(77,8)9)53-72(73)64-28-10-11-29-65(64)75-50-61(96-78-35-17-12-30-66(78)67-31-13-18-36-79(67)96)51-84-88(75)95(89(74)85(47-58)97-80-37-19-14-32-68(80)69-33-15-20-38-81(69)97)55-94(84)60-26-23-27-62(49-60)99-63-40-41-71-70-34-16-21-39-82(70)98(83(71)52-63)86-48-59(42-45-93-86)90(3,4)5/h10-42,45-54H,43-44H2,1-9H3/i1D3,2D3. The van der Waals surface area contributed by atoms with Gasteiger partial charge in [-0.3, -0.25) is 13.7 Å². The number of aryl methyl sites for hydroxylation is 2. The van der Waals surface area contributed by atoms with Gasteiger partial charge in [-0.1, -0.05) is 194 Å². The predicted octanol–water partition coefficient (Wildman–Crippen LogP) is 23.4. The Balaban J connectivity index is 0.961. The molecule has 5 aromatic heterocycles. The third kappa shape index (κ3) is 8.95. The molecule has 0 atom stereocenters. The molecule has 2 aliphatic rings. The van der Waals surface area contributed by atoms with Crippen LogP contribution in [0.1, 0.15) is 97.3 Å². The topological polar surface area (TPSA) is 45.7 Å². The van der Waals surface area contributed by atoms with Crippen molar-refractivity contribution in [2.45, 2.75) is 91.3 Å². The second-order valence-electron chi connectivity index (χ2n) is 29.5. The number of aromatic nitrogens is 6. The number of ether oxygens (including phenoxy) is 1. The highest BCUT2D eigenvalue weighted by molar-refractivity contribution is 6.13. The molecule has 0 N–H and O–H groups in total. The number of rotatable bonds is 7. The molecule has 0 radical (unpaired) electrons. The molecule has 7 nitrogen and oxygen atoms in total. The fourth-order valence-electron chi connectivity index (χ4n) is 16.6. The first-order chi connectivity index (χ1) is 50.5. The highest BCUT2D eigenvalue weighted by Crippen LogP contribution is 2.54. The summed E-state index contributed by atoms with van der Waals surface area (Å²) in [7, 11) is 0. The van der Waals surface area contributed by atoms with Crippen LogP contribution in [0.25, 0.3) is 150 Å². The Hall–Kier alpha value is -11.5. The van der Waals surface area contributed by atoms with Crippen molar-refractivity contribution in [2.24, 2.45) is 0 Å². The molecule has 1 aliphatic carbocycles. The normalized spacial score (nSPS) is 15.1. The van der Waals surface area contributed by atoms with Gasteiger partial charge in [-0.15, -0.1) is 0 Å². The van der Waals surface area contributed by atoms with Crippen molar-refractivity contribution in [1.82, 2.24) is 23.3 Å². The van der Waals surface area contributed by atoms with Crippen molar-refractivity contribution in [3.63, 3.8) is 0 Å². The summed E-state index contributed by atoms with van der Waals surface area (Å²) in [6.07, 6.45) is 8.00. The van der Waals surface area contributed by atoms with Gasteiger partial charge < -0.3 is 13.9 Å². The second kappa shape index (κ2) is 21.5. The van der Waals surface area contributed by atoms with Crippen LogP contribution in [0.5, 0.6) is 11.5 Å². The third-order valence-electron chi connectivity index (χ3n) is 21.7. The number of hydrogen-bond donors (Lipinski definition) is 0. The minimum Gasteiger partial charge on any atom is -0.458 e. The van der Waals surface area contributed by atoms with Gasteiger partial charge in [0.15, 0.2) is 0 Å². The van der Waals surface area contributed by atoms with Gasteiger partial charge >= 0.3 is 0 Å². The van der Waals surface area contributed by atoms with Crippen molar-refractivity contribution in [2.75, 3.05) is 0 Å². The minimum absolute atomic E-state index is 0.0470. The summed E-state index contributed by atoms with van der Waals surface area (Å²) in [4.78, 5) is 4.99. The first-order valence-electron chi connectivity index (χ1n) is 37.4. The van der Waals surface area contributed by atoms with Gasteiger partial charge in [-0.2, -0.15) is 0 Å². The average molecular weight is 1290 g/mol. The molecule has 0 bridgehead atoms. The van der Waals surface area contributed by atoms with Crippen LogP contribution in [0.2, 0.25) is 0 Å². The first kappa shape index (κ1) is 52.6. The molecule has 0 spiro atoms. The predicted molar refractivity (Wildman–Crippen MR) is 410 cm³/mol. The van der Waals surface area contributed by atoms with E-state index in [0.717, 1.165) is 146 Å². The van der Waals surface area contributed by atoms with E-state index in [0.29, 0.717) is 22.7 Å². The van der Waals surface area contributed by atoms with Gasteiger partial charge in [0.05, 0.1) is 61.2 Å². The molecule has 6 heterocycles. The number of para-hydroxylation sites is 5. The number of hydrogen-bond acceptors (Lipinski definition) is 2. The fraction of sp³-hybridized carbons (Fsp3) is 0.152. The van der Waals surface area contributed by atoms with Crippen molar-refractivity contribution >= 4 is 76.5 Å². The Labute approximate surface area is 585 Å². The van der Waals surface area contributed by atoms with Gasteiger partial charge in [0, 0.05) is 58.5 Å². The van der Waals surface area contributed by atoms with E-state index in [1.807, 2.05) is 30.5 Å². The van der Waals surface area contributed by atoms with Crippen molar-refractivity contribution in [1.29, 1.82) is 0 Å². The van der Waals surface area contributed by atoms with Crippen molar-refractivity contribution < 1.29 is 17.5 Å². The Morgan fingerprint density at radius 2 is 0.960 bits per heavy atom. The van der Waals surface area contributed by atoms with Crippen LogP contribution in [-0.2, 0) is 16.2 Å². The lowest BCUT2D eigenvalue weighted by molar-refractivity contribution is -0.571. The summed E-state index contributed by atoms with van der Waals surface area (Å²) in [5, 5.41) is 6.50. The van der Waals surface area contributed by atoms with Gasteiger partial charge in [-0.05, 0) is 218 Å². The van der Waals surface area contributed by atoms with Gasteiger partial charge in [0.1, 0.15) is 17.3 Å². The summed E-state index contributed by atoms with van der Waals surface area (Å²) < 4.78 is 74.0. The maximum absolute atomic E-state index is 9.25. The summed E-state index contributed by atoms with van der Waals surface area (Å²) in [6.45, 7) is 10.7. The molecule has 0 unspecified atom stereocenters. The summed E-state index contributed by atoms with van der Waals surface area (Å²) in [5.74, 6) is 2.08. The maximum atomic E-state index is 9.25. The van der Waals surface area contributed by atoms with Crippen LogP contribution in [-0.4, -0.2) is 23.3 Å². The Morgan fingerprint density at radius 1 is 0.434 bits per heavy atom. The van der Waals surface area contributed by atoms with Crippen LogP contribution >= 0.6 is 0 Å². The van der Waals surface area contributed by atoms with E-state index in [2.05, 4.69) is 290 Å². The molecule has 1 aliphatic heterocycles. The third-order valence-corrected chi connectivity index (χ3v) is 21.7. The summed E-state index contributed by atoms with van der Waals surface area (Å²) in [6, 6.07) is 88.6.